The lowest BCUT2D eigenvalue weighted by molar-refractivity contribution is 0.122. The Morgan fingerprint density at radius 2 is 1.71 bits per heavy atom. The Bertz CT molecular complexity index is 1690. The molecule has 1 aromatic carbocycles. The lowest BCUT2D eigenvalue weighted by atomic mass is 10.1. The molecule has 0 radical (unpaired) electrons. The van der Waals surface area contributed by atoms with E-state index >= 15 is 0 Å². The zero-order chi connectivity index (χ0) is 31.8. The lowest BCUT2D eigenvalue weighted by Crippen LogP contribution is -2.36. The smallest absolute Gasteiger partial charge is 0.227 e. The first kappa shape index (κ1) is 32.2. The summed E-state index contributed by atoms with van der Waals surface area (Å²) in [6.45, 7) is 11.2. The molecule has 1 saturated heterocycles. The van der Waals surface area contributed by atoms with E-state index in [4.69, 9.17) is 14.7 Å². The van der Waals surface area contributed by atoms with Gasteiger partial charge in [-0.05, 0) is 48.3 Å². The predicted molar refractivity (Wildman–Crippen MR) is 178 cm³/mol. The Hall–Kier alpha value is -4.20. The van der Waals surface area contributed by atoms with Crippen LogP contribution in [-0.2, 0) is 4.74 Å². The number of rotatable bonds is 9. The van der Waals surface area contributed by atoms with Crippen molar-refractivity contribution >= 4 is 46.4 Å². The maximum absolute atomic E-state index is 14.1. The van der Waals surface area contributed by atoms with Crippen molar-refractivity contribution in [1.29, 1.82) is 0 Å². The van der Waals surface area contributed by atoms with Gasteiger partial charge in [-0.3, -0.25) is 4.98 Å². The molecular formula is C32H34F2N8OS2. The van der Waals surface area contributed by atoms with E-state index in [0.29, 0.717) is 36.2 Å². The Morgan fingerprint density at radius 3 is 2.42 bits per heavy atom. The van der Waals surface area contributed by atoms with Gasteiger partial charge in [0.05, 0.1) is 63.2 Å². The van der Waals surface area contributed by atoms with Crippen LogP contribution in [-0.4, -0.2) is 51.2 Å². The molecule has 5 heterocycles. The SMILES string of the molecule is CC.CC(C)c1nc(-c2cncc(NSc3c(F)cccc3F)c2)c(-c2ccnc(Nc3ccc(N4CCOCC4)nc3)n2)s1. The number of morpholine rings is 1. The lowest BCUT2D eigenvalue weighted by Gasteiger charge is -2.27. The van der Waals surface area contributed by atoms with Crippen molar-refractivity contribution in [3.8, 4) is 21.8 Å². The molecule has 5 aromatic rings. The number of benzene rings is 1. The van der Waals surface area contributed by atoms with E-state index < -0.39 is 11.6 Å². The molecule has 1 aliphatic heterocycles. The first-order chi connectivity index (χ1) is 21.9. The van der Waals surface area contributed by atoms with Crippen LogP contribution in [0.3, 0.4) is 0 Å². The molecule has 0 spiro atoms. The van der Waals surface area contributed by atoms with Crippen LogP contribution in [0, 0.1) is 11.6 Å². The van der Waals surface area contributed by atoms with Crippen molar-refractivity contribution < 1.29 is 13.5 Å². The van der Waals surface area contributed by atoms with Crippen LogP contribution in [0.4, 0.5) is 31.9 Å². The summed E-state index contributed by atoms with van der Waals surface area (Å²) in [6.07, 6.45) is 6.78. The highest BCUT2D eigenvalue weighted by atomic mass is 32.2. The van der Waals surface area contributed by atoms with E-state index in [0.717, 1.165) is 52.0 Å². The zero-order valence-electron chi connectivity index (χ0n) is 25.4. The molecule has 13 heteroatoms. The second kappa shape index (κ2) is 15.2. The minimum Gasteiger partial charge on any atom is -0.378 e. The number of ether oxygens (including phenoxy) is 1. The average Bonchev–Trinajstić information content (AvgIpc) is 3.53. The first-order valence-corrected chi connectivity index (χ1v) is 16.3. The standard InChI is InChI=1S/C30H28F2N8OS2.C2H6/c1-18(2)29-38-26(19-14-21(16-33-15-19)39-43-27-22(31)4-3-5-23(27)32)28(42-29)24-8-9-34-30(37-24)36-20-6-7-25(35-17-20)40-10-12-41-13-11-40;1-2/h3-9,14-18,39H,10-13H2,1-2H3,(H,34,36,37);1-2H3. The maximum Gasteiger partial charge on any atom is 0.227 e. The van der Waals surface area contributed by atoms with Crippen LogP contribution < -0.4 is 14.9 Å². The highest BCUT2D eigenvalue weighted by molar-refractivity contribution is 8.00. The van der Waals surface area contributed by atoms with Gasteiger partial charge in [0.15, 0.2) is 0 Å². The largest absolute Gasteiger partial charge is 0.378 e. The predicted octanol–water partition coefficient (Wildman–Crippen LogP) is 8.18. The van der Waals surface area contributed by atoms with Gasteiger partial charge < -0.3 is 19.7 Å². The van der Waals surface area contributed by atoms with E-state index in [1.165, 1.54) is 18.2 Å². The van der Waals surface area contributed by atoms with Gasteiger partial charge in [0.2, 0.25) is 5.95 Å². The molecule has 0 aliphatic carbocycles. The van der Waals surface area contributed by atoms with Crippen LogP contribution in [0.25, 0.3) is 21.8 Å². The second-order valence-corrected chi connectivity index (χ2v) is 11.8. The summed E-state index contributed by atoms with van der Waals surface area (Å²) < 4.78 is 36.7. The number of pyridine rings is 2. The number of thiazole rings is 1. The summed E-state index contributed by atoms with van der Waals surface area (Å²) >= 11 is 2.41. The Morgan fingerprint density at radius 1 is 0.933 bits per heavy atom. The van der Waals surface area contributed by atoms with Gasteiger partial charge in [0.25, 0.3) is 0 Å². The molecule has 0 amide bonds. The fourth-order valence-electron chi connectivity index (χ4n) is 4.38. The average molecular weight is 649 g/mol. The number of nitrogens with one attached hydrogen (secondary N) is 2. The van der Waals surface area contributed by atoms with E-state index in [-0.39, 0.29) is 10.8 Å². The van der Waals surface area contributed by atoms with Crippen LogP contribution in [0.15, 0.2) is 72.1 Å². The fourth-order valence-corrected chi connectivity index (χ4v) is 6.10. The van der Waals surface area contributed by atoms with E-state index in [1.807, 2.05) is 38.1 Å². The first-order valence-electron chi connectivity index (χ1n) is 14.7. The minimum atomic E-state index is -0.637. The zero-order valence-corrected chi connectivity index (χ0v) is 27.1. The van der Waals surface area contributed by atoms with Gasteiger partial charge in [-0.25, -0.2) is 28.7 Å². The summed E-state index contributed by atoms with van der Waals surface area (Å²) in [5.41, 5.74) is 3.51. The van der Waals surface area contributed by atoms with E-state index in [9.17, 15) is 8.78 Å². The second-order valence-electron chi connectivity index (χ2n) is 10.00. The van der Waals surface area contributed by atoms with Crippen molar-refractivity contribution in [3.63, 3.8) is 0 Å². The number of anilines is 4. The molecule has 6 rings (SSSR count). The number of halogens is 2. The summed E-state index contributed by atoms with van der Waals surface area (Å²) in [7, 11) is 0. The fraction of sp³-hybridized carbons (Fsp3) is 0.281. The van der Waals surface area contributed by atoms with Crippen molar-refractivity contribution in [1.82, 2.24) is 24.9 Å². The van der Waals surface area contributed by atoms with Crippen LogP contribution in [0.5, 0.6) is 0 Å². The van der Waals surface area contributed by atoms with Gasteiger partial charge in [-0.15, -0.1) is 11.3 Å². The van der Waals surface area contributed by atoms with Crippen molar-refractivity contribution in [2.75, 3.05) is 41.2 Å². The van der Waals surface area contributed by atoms with Crippen molar-refractivity contribution in [2.45, 2.75) is 38.5 Å². The third-order valence-electron chi connectivity index (χ3n) is 6.57. The molecule has 0 saturated carbocycles. The molecule has 0 unspecified atom stereocenters. The highest BCUT2D eigenvalue weighted by Gasteiger charge is 2.20. The van der Waals surface area contributed by atoms with Gasteiger partial charge in [-0.1, -0.05) is 33.8 Å². The number of nitrogens with zero attached hydrogens (tertiary/aromatic N) is 6. The quantitative estimate of drug-likeness (QED) is 0.152. The van der Waals surface area contributed by atoms with Crippen molar-refractivity contribution in [3.05, 3.63) is 83.9 Å². The summed E-state index contributed by atoms with van der Waals surface area (Å²) in [4.78, 5) is 26.0. The van der Waals surface area contributed by atoms with E-state index in [1.54, 1.807) is 36.1 Å². The third kappa shape index (κ3) is 7.91. The van der Waals surface area contributed by atoms with Crippen molar-refractivity contribution in [2.24, 2.45) is 0 Å². The van der Waals surface area contributed by atoms with Crippen LogP contribution in [0.1, 0.15) is 38.6 Å². The molecule has 45 heavy (non-hydrogen) atoms. The summed E-state index contributed by atoms with van der Waals surface area (Å²) in [6, 6.07) is 11.4. The summed E-state index contributed by atoms with van der Waals surface area (Å²) in [5.74, 6) is 0.258. The normalized spacial score (nSPS) is 12.9. The molecule has 0 bridgehead atoms. The Balaban J connectivity index is 0.00000196. The summed E-state index contributed by atoms with van der Waals surface area (Å²) in [5, 5.41) is 4.20. The molecule has 4 aromatic heterocycles. The topological polar surface area (TPSA) is 101 Å². The van der Waals surface area contributed by atoms with Gasteiger partial charge in [0, 0.05) is 37.0 Å². The van der Waals surface area contributed by atoms with E-state index in [2.05, 4.69) is 43.7 Å². The Kier molecular flexibility index (Phi) is 10.9. The van der Waals surface area contributed by atoms with Gasteiger partial charge in [0.1, 0.15) is 17.5 Å². The Labute approximate surface area is 269 Å². The molecule has 0 atom stereocenters. The number of hydrogen-bond acceptors (Lipinski definition) is 11. The minimum absolute atomic E-state index is 0.115. The van der Waals surface area contributed by atoms with Gasteiger partial charge in [-0.2, -0.15) is 0 Å². The molecule has 1 aliphatic rings. The monoisotopic (exact) mass is 648 g/mol. The maximum atomic E-state index is 14.1. The van der Waals surface area contributed by atoms with Gasteiger partial charge >= 0.3 is 0 Å². The van der Waals surface area contributed by atoms with Crippen LogP contribution >= 0.6 is 23.3 Å². The van der Waals surface area contributed by atoms with Crippen LogP contribution in [0.2, 0.25) is 0 Å². The molecular weight excluding hydrogens is 615 g/mol. The number of aromatic nitrogens is 5. The molecule has 9 nitrogen and oxygen atoms in total. The third-order valence-corrected chi connectivity index (χ3v) is 8.88. The molecule has 234 valence electrons. The molecule has 1 fully saturated rings. The highest BCUT2D eigenvalue weighted by Crippen LogP contribution is 2.39. The number of hydrogen-bond donors (Lipinski definition) is 2. The molecule has 2 N–H and O–H groups in total.